The van der Waals surface area contributed by atoms with Crippen molar-refractivity contribution in [3.63, 3.8) is 0 Å². The zero-order chi connectivity index (χ0) is 15.3. The van der Waals surface area contributed by atoms with Crippen LogP contribution in [0.5, 0.6) is 0 Å². The van der Waals surface area contributed by atoms with Crippen LogP contribution in [0.15, 0.2) is 0 Å². The lowest BCUT2D eigenvalue weighted by atomic mass is 10.2. The molecule has 0 aliphatic heterocycles. The maximum atomic E-state index is 2.22. The molecule has 0 spiro atoms. The van der Waals surface area contributed by atoms with E-state index in [1.807, 2.05) is 13.8 Å². The van der Waals surface area contributed by atoms with Crippen LogP contribution in [0.2, 0.25) is 0 Å². The van der Waals surface area contributed by atoms with Crippen LogP contribution >= 0.6 is 0 Å². The smallest absolute Gasteiger partial charge is 0 e. The van der Waals surface area contributed by atoms with Gasteiger partial charge in [0.15, 0.2) is 0 Å². The maximum absolute atomic E-state index is 2.22. The molecule has 0 unspecified atom stereocenters. The van der Waals surface area contributed by atoms with Crippen LogP contribution in [0.25, 0.3) is 0 Å². The van der Waals surface area contributed by atoms with E-state index in [9.17, 15) is 0 Å². The molecule has 0 N–H and O–H groups in total. The van der Waals surface area contributed by atoms with Gasteiger partial charge in [-0.2, -0.15) is 0 Å². The van der Waals surface area contributed by atoms with E-state index in [2.05, 4.69) is 69.2 Å². The molecular weight excluding hydrogens is 204 g/mol. The molecule has 0 fully saturated rings. The Bertz CT molecular complexity index is 53.9. The third kappa shape index (κ3) is 784. The second-order valence-corrected chi connectivity index (χ2v) is 4.95. The Kier molecular flexibility index (Phi) is 79.0. The highest BCUT2D eigenvalue weighted by Gasteiger charge is 1.80. The predicted octanol–water partition coefficient (Wildman–Crippen LogP) is 7.82. The molecular formula is C17H46. The number of rotatable bonds is 1. The van der Waals surface area contributed by atoms with Crippen molar-refractivity contribution >= 4 is 0 Å². The van der Waals surface area contributed by atoms with E-state index in [-0.39, 0.29) is 1.43 Å². The lowest BCUT2D eigenvalue weighted by Crippen LogP contribution is -1.77. The Hall–Kier alpha value is 0. The monoisotopic (exact) mass is 251 g/mol. The first-order valence-corrected chi connectivity index (χ1v) is 7.83. The Morgan fingerprint density at radius 2 is 0.706 bits per heavy atom. The van der Waals surface area contributed by atoms with Gasteiger partial charge in [0.1, 0.15) is 0 Å². The average molecular weight is 252 g/mol. The van der Waals surface area contributed by atoms with Gasteiger partial charge in [0.25, 0.3) is 0 Å². The normalized spacial score (nSPS) is 7.41. The molecule has 0 aromatic heterocycles. The molecule has 114 valence electrons. The second kappa shape index (κ2) is 44.4. The molecule has 0 aliphatic carbocycles. The van der Waals surface area contributed by atoms with Crippen molar-refractivity contribution in [3.8, 4) is 0 Å². The summed E-state index contributed by atoms with van der Waals surface area (Å²) in [6.07, 6.45) is 3.81. The lowest BCUT2D eigenvalue weighted by molar-refractivity contribution is 0.626. The van der Waals surface area contributed by atoms with Gasteiger partial charge in [0.05, 0.1) is 0 Å². The molecule has 0 atom stereocenters. The number of hydrogen-bond acceptors (Lipinski definition) is 0. The third-order valence-electron chi connectivity index (χ3n) is 0.816. The first kappa shape index (κ1) is 30.2. The molecule has 0 amide bonds. The van der Waals surface area contributed by atoms with Crippen molar-refractivity contribution in [2.24, 2.45) is 11.8 Å². The molecule has 0 aliphatic rings. The zero-order valence-corrected chi connectivity index (χ0v) is 15.3. The molecule has 0 aromatic rings. The first-order chi connectivity index (χ1) is 7.83. The van der Waals surface area contributed by atoms with E-state index in [1.165, 1.54) is 19.3 Å². The van der Waals surface area contributed by atoms with Crippen LogP contribution < -0.4 is 0 Å². The summed E-state index contributed by atoms with van der Waals surface area (Å²) in [4.78, 5) is 0. The van der Waals surface area contributed by atoms with Crippen LogP contribution in [0.4, 0.5) is 0 Å². The Balaban J connectivity index is -0.0000000255. The van der Waals surface area contributed by atoms with E-state index in [1.54, 1.807) is 0 Å². The molecule has 0 aromatic carbocycles. The largest absolute Gasteiger partial charge is 0.0683 e. The summed E-state index contributed by atoms with van der Waals surface area (Å²) in [6.45, 7) is 25.6. The van der Waals surface area contributed by atoms with Crippen LogP contribution in [0.1, 0.15) is 104 Å². The molecule has 0 saturated carbocycles. The van der Waals surface area contributed by atoms with E-state index in [4.69, 9.17) is 0 Å². The van der Waals surface area contributed by atoms with Gasteiger partial charge in [-0.3, -0.25) is 0 Å². The highest BCUT2D eigenvalue weighted by molar-refractivity contribution is 4.32. The summed E-state index contributed by atoms with van der Waals surface area (Å²) in [5.41, 5.74) is 0. The Morgan fingerprint density at radius 3 is 0.706 bits per heavy atom. The minimum Gasteiger partial charge on any atom is -0.0683 e. The Labute approximate surface area is 116 Å². The van der Waals surface area contributed by atoms with E-state index < -0.39 is 0 Å². The summed E-state index contributed by atoms with van der Waals surface area (Å²) in [7, 11) is 0. The summed E-state index contributed by atoms with van der Waals surface area (Å²) < 4.78 is 0. The first-order valence-electron chi connectivity index (χ1n) is 7.83. The van der Waals surface area contributed by atoms with Crippen LogP contribution in [-0.2, 0) is 0 Å². The van der Waals surface area contributed by atoms with E-state index in [0.717, 1.165) is 11.8 Å². The van der Waals surface area contributed by atoms with Crippen molar-refractivity contribution in [1.82, 2.24) is 0 Å². The van der Waals surface area contributed by atoms with Gasteiger partial charge in [0, 0.05) is 1.43 Å². The highest BCUT2D eigenvalue weighted by Crippen LogP contribution is 1.93. The van der Waals surface area contributed by atoms with Gasteiger partial charge in [-0.05, 0) is 11.8 Å². The molecule has 0 heterocycles. The van der Waals surface area contributed by atoms with Crippen molar-refractivity contribution in [3.05, 3.63) is 0 Å². The lowest BCUT2D eigenvalue weighted by Gasteiger charge is -1.90. The molecule has 0 nitrogen and oxygen atoms in total. The zero-order valence-electron chi connectivity index (χ0n) is 15.3. The highest BCUT2D eigenvalue weighted by atomic mass is 13.9. The van der Waals surface area contributed by atoms with Crippen molar-refractivity contribution < 1.29 is 1.43 Å². The van der Waals surface area contributed by atoms with Crippen LogP contribution in [0, 0.1) is 11.8 Å². The van der Waals surface area contributed by atoms with Crippen LogP contribution in [-0.4, -0.2) is 0 Å². The maximum Gasteiger partial charge on any atom is 0 e. The van der Waals surface area contributed by atoms with Crippen molar-refractivity contribution in [1.29, 1.82) is 0 Å². The van der Waals surface area contributed by atoms with Gasteiger partial charge in [-0.15, -0.1) is 0 Å². The molecule has 0 rings (SSSR count). The second-order valence-electron chi connectivity index (χ2n) is 4.95. The Morgan fingerprint density at radius 1 is 0.647 bits per heavy atom. The van der Waals surface area contributed by atoms with Crippen molar-refractivity contribution in [2.45, 2.75) is 102 Å². The molecule has 17 heavy (non-hydrogen) atoms. The molecule has 0 saturated heterocycles. The predicted molar refractivity (Wildman–Crippen MR) is 91.0 cm³/mol. The van der Waals surface area contributed by atoms with Gasteiger partial charge in [-0.1, -0.05) is 102 Å². The summed E-state index contributed by atoms with van der Waals surface area (Å²) in [5.74, 6) is 1.72. The summed E-state index contributed by atoms with van der Waals surface area (Å²) in [6, 6.07) is 0. The van der Waals surface area contributed by atoms with Crippen LogP contribution in [0.3, 0.4) is 0 Å². The molecule has 0 radical (unpaired) electrons. The summed E-state index contributed by atoms with van der Waals surface area (Å²) in [5, 5.41) is 0. The van der Waals surface area contributed by atoms with Crippen molar-refractivity contribution in [2.75, 3.05) is 0 Å². The standard InChI is InChI=1S/C5H12.C4H10.2C3H8.C2H6.H2/c1-4-5(2)3;1-4(2)3;2*1-3-2;1-2;/h5H,4H2,1-3H3;4H,1-3H3;2*3H2,1-2H3;1-2H3;1H/i;;;;;1+1. The average Bonchev–Trinajstić information content (AvgIpc) is 2.22. The fourth-order valence-corrected chi connectivity index (χ4v) is 0. The van der Waals surface area contributed by atoms with Gasteiger partial charge >= 0.3 is 0 Å². The van der Waals surface area contributed by atoms with Gasteiger partial charge < -0.3 is 0 Å². The molecule has 0 bridgehead atoms. The molecule has 0 heteroatoms. The minimum atomic E-state index is 0. The fraction of sp³-hybridized carbons (Fsp3) is 1.00. The van der Waals surface area contributed by atoms with E-state index >= 15 is 0 Å². The fourth-order valence-electron chi connectivity index (χ4n) is 0. The minimum absolute atomic E-state index is 0. The van der Waals surface area contributed by atoms with Gasteiger partial charge in [-0.25, -0.2) is 0 Å². The quantitative estimate of drug-likeness (QED) is 0.445. The topological polar surface area (TPSA) is 0 Å². The van der Waals surface area contributed by atoms with E-state index in [0.29, 0.717) is 0 Å². The number of hydrogen-bond donors (Lipinski definition) is 0. The SMILES string of the molecule is CC.CC(C)C.CCC.CCC.CCC(C)C.[2HH]. The third-order valence-corrected chi connectivity index (χ3v) is 0.816. The van der Waals surface area contributed by atoms with Gasteiger partial charge in [0.2, 0.25) is 0 Å². The summed E-state index contributed by atoms with van der Waals surface area (Å²) >= 11 is 0.